The van der Waals surface area contributed by atoms with Crippen LogP contribution in [0.1, 0.15) is 5.69 Å². The summed E-state index contributed by atoms with van der Waals surface area (Å²) in [7, 11) is 1.70. The number of alkyl halides is 3. The number of fused-ring (bicyclic) bond motifs is 2. The smallest absolute Gasteiger partial charge is 0.433 e. The minimum absolute atomic E-state index is 0.643. The van der Waals surface area contributed by atoms with Crippen LogP contribution >= 0.6 is 0 Å². The topological polar surface area (TPSA) is 22.1 Å². The highest BCUT2D eigenvalue weighted by Gasteiger charge is 2.32. The maximum atomic E-state index is 13.3. The summed E-state index contributed by atoms with van der Waals surface area (Å²) in [4.78, 5) is 3.79. The van der Waals surface area contributed by atoms with Gasteiger partial charge in [0.25, 0.3) is 0 Å². The summed E-state index contributed by atoms with van der Waals surface area (Å²) in [6.45, 7) is 0. The molecule has 0 aliphatic rings. The molecule has 0 radical (unpaired) electrons. The van der Waals surface area contributed by atoms with Crippen LogP contribution in [0.4, 0.5) is 13.2 Å². The van der Waals surface area contributed by atoms with E-state index < -0.39 is 11.9 Å². The molecule has 0 saturated carbocycles. The van der Waals surface area contributed by atoms with Gasteiger partial charge in [0.15, 0.2) is 0 Å². The molecule has 0 aliphatic heterocycles. The van der Waals surface area contributed by atoms with Crippen LogP contribution in [0.3, 0.4) is 0 Å². The number of hydrogen-bond acceptors (Lipinski definition) is 2. The van der Waals surface area contributed by atoms with Crippen molar-refractivity contribution in [1.29, 1.82) is 0 Å². The summed E-state index contributed by atoms with van der Waals surface area (Å²) >= 11 is 0. The van der Waals surface area contributed by atoms with E-state index in [0.29, 0.717) is 5.56 Å². The molecule has 202 valence electrons. The first kappa shape index (κ1) is 24.6. The highest BCUT2D eigenvalue weighted by Crippen LogP contribution is 2.48. The van der Waals surface area contributed by atoms with Gasteiger partial charge in [-0.2, -0.15) is 13.2 Å². The van der Waals surface area contributed by atoms with E-state index in [1.54, 1.807) is 7.11 Å². The highest BCUT2D eigenvalue weighted by atomic mass is 19.4. The summed E-state index contributed by atoms with van der Waals surface area (Å²) in [5.74, 6) is 0.840. The maximum absolute atomic E-state index is 13.3. The first-order chi connectivity index (χ1) is 20.4. The van der Waals surface area contributed by atoms with Crippen LogP contribution in [-0.2, 0) is 6.18 Å². The zero-order valence-electron chi connectivity index (χ0n) is 22.5. The lowest BCUT2D eigenvalue weighted by molar-refractivity contribution is -0.141. The van der Waals surface area contributed by atoms with E-state index in [1.807, 2.05) is 42.5 Å². The van der Waals surface area contributed by atoms with Gasteiger partial charge in [0.2, 0.25) is 0 Å². The van der Waals surface area contributed by atoms with Gasteiger partial charge < -0.3 is 4.74 Å². The van der Waals surface area contributed by atoms with Gasteiger partial charge >= 0.3 is 6.18 Å². The quantitative estimate of drug-likeness (QED) is 0.160. The molecule has 2 nitrogen and oxygen atoms in total. The van der Waals surface area contributed by atoms with E-state index in [1.165, 1.54) is 23.0 Å². The molecule has 0 N–H and O–H groups in total. The van der Waals surface area contributed by atoms with Gasteiger partial charge in [-0.05, 0) is 78.0 Å². The van der Waals surface area contributed by atoms with E-state index in [9.17, 15) is 13.2 Å². The summed E-state index contributed by atoms with van der Waals surface area (Å²) in [6, 6.07) is 35.9. The van der Waals surface area contributed by atoms with Crippen molar-refractivity contribution in [3.05, 3.63) is 121 Å². The van der Waals surface area contributed by atoms with Crippen LogP contribution < -0.4 is 4.74 Å². The number of pyridine rings is 1. The lowest BCUT2D eigenvalue weighted by Crippen LogP contribution is -2.07. The van der Waals surface area contributed by atoms with Crippen LogP contribution in [0, 0.1) is 0 Å². The van der Waals surface area contributed by atoms with Crippen LogP contribution in [0.2, 0.25) is 0 Å². The highest BCUT2D eigenvalue weighted by molar-refractivity contribution is 6.29. The Labute approximate surface area is 238 Å². The fourth-order valence-electron chi connectivity index (χ4n) is 6.61. The Balaban J connectivity index is 1.49. The Bertz CT molecular complexity index is 2260. The van der Waals surface area contributed by atoms with Crippen molar-refractivity contribution < 1.29 is 17.9 Å². The van der Waals surface area contributed by atoms with Crippen LogP contribution in [0.5, 0.6) is 5.75 Å². The van der Waals surface area contributed by atoms with Gasteiger partial charge in [0.1, 0.15) is 11.4 Å². The third kappa shape index (κ3) is 3.50. The van der Waals surface area contributed by atoms with Crippen LogP contribution in [0.15, 0.2) is 115 Å². The van der Waals surface area contributed by atoms with E-state index in [4.69, 9.17) is 4.74 Å². The molecule has 42 heavy (non-hydrogen) atoms. The molecule has 0 amide bonds. The number of halogens is 3. The second kappa shape index (κ2) is 8.92. The number of nitrogens with zero attached hydrogens (tertiary/aromatic N) is 1. The van der Waals surface area contributed by atoms with Crippen molar-refractivity contribution in [2.45, 2.75) is 6.18 Å². The molecular weight excluding hydrogens is 531 g/mol. The molecule has 7 aromatic carbocycles. The molecule has 0 fully saturated rings. The van der Waals surface area contributed by atoms with Crippen molar-refractivity contribution in [3.63, 3.8) is 0 Å². The number of rotatable bonds is 3. The number of ether oxygens (including phenoxy) is 1. The van der Waals surface area contributed by atoms with Gasteiger partial charge in [-0.1, -0.05) is 91.0 Å². The van der Waals surface area contributed by atoms with Crippen molar-refractivity contribution in [2.24, 2.45) is 0 Å². The summed E-state index contributed by atoms with van der Waals surface area (Å²) in [5, 5.41) is 10.8. The van der Waals surface area contributed by atoms with E-state index >= 15 is 0 Å². The maximum Gasteiger partial charge on any atom is 0.433 e. The molecule has 8 rings (SSSR count). The van der Waals surface area contributed by atoms with Crippen molar-refractivity contribution >= 4 is 53.9 Å². The predicted octanol–water partition coefficient (Wildman–Crippen LogP) is 10.6. The predicted molar refractivity (Wildman–Crippen MR) is 165 cm³/mol. The Hall–Kier alpha value is -5.16. The third-order valence-electron chi connectivity index (χ3n) is 8.39. The van der Waals surface area contributed by atoms with Crippen molar-refractivity contribution in [2.75, 3.05) is 7.11 Å². The second-order valence-electron chi connectivity index (χ2n) is 10.6. The van der Waals surface area contributed by atoms with E-state index in [-0.39, 0.29) is 0 Å². The molecule has 0 unspecified atom stereocenters. The summed E-state index contributed by atoms with van der Waals surface area (Å²) in [6.07, 6.45) is -3.16. The zero-order chi connectivity index (χ0) is 28.6. The Morgan fingerprint density at radius 1 is 0.548 bits per heavy atom. The molecule has 1 aromatic heterocycles. The van der Waals surface area contributed by atoms with Gasteiger partial charge in [-0.3, -0.25) is 4.98 Å². The first-order valence-corrected chi connectivity index (χ1v) is 13.7. The Morgan fingerprint density at radius 2 is 1.10 bits per heavy atom. The first-order valence-electron chi connectivity index (χ1n) is 13.7. The summed E-state index contributed by atoms with van der Waals surface area (Å²) < 4.78 is 45.7. The standard InChI is InChI=1S/C37H22F3NO/c1-42-31-18-13-22-10-15-28-29(16-11-21-12-17-30(31)35(22)34(21)28)36-26-8-4-2-6-24(26)33(25-7-3-5-9-27(25)36)23-14-19-32(41-20-23)37(38,39)40/h2-20H,1H3. The van der Waals surface area contributed by atoms with Crippen LogP contribution in [0.25, 0.3) is 76.1 Å². The summed E-state index contributed by atoms with van der Waals surface area (Å²) in [5.41, 5.74) is 2.80. The fraction of sp³-hybridized carbons (Fsp3) is 0.0541. The molecular formula is C37H22F3NO. The third-order valence-corrected chi connectivity index (χ3v) is 8.39. The molecule has 5 heteroatoms. The number of aromatic nitrogens is 1. The molecule has 0 spiro atoms. The lowest BCUT2D eigenvalue weighted by Gasteiger charge is -2.20. The van der Waals surface area contributed by atoms with Crippen LogP contribution in [-0.4, -0.2) is 12.1 Å². The monoisotopic (exact) mass is 553 g/mol. The van der Waals surface area contributed by atoms with Gasteiger partial charge in [0.05, 0.1) is 7.11 Å². The second-order valence-corrected chi connectivity index (χ2v) is 10.6. The average Bonchev–Trinajstić information content (AvgIpc) is 3.02. The number of methoxy groups -OCH3 is 1. The van der Waals surface area contributed by atoms with Crippen molar-refractivity contribution in [1.82, 2.24) is 4.98 Å². The Kier molecular flexibility index (Phi) is 5.23. The number of hydrogen-bond donors (Lipinski definition) is 0. The molecule has 0 saturated heterocycles. The van der Waals surface area contributed by atoms with Gasteiger partial charge in [0, 0.05) is 22.5 Å². The fourth-order valence-corrected chi connectivity index (χ4v) is 6.61. The van der Waals surface area contributed by atoms with Crippen molar-refractivity contribution in [3.8, 4) is 28.0 Å². The molecule has 8 aromatic rings. The van der Waals surface area contributed by atoms with E-state index in [0.717, 1.165) is 71.6 Å². The largest absolute Gasteiger partial charge is 0.496 e. The lowest BCUT2D eigenvalue weighted by atomic mass is 9.83. The molecule has 0 aliphatic carbocycles. The average molecular weight is 554 g/mol. The molecule has 1 heterocycles. The Morgan fingerprint density at radius 3 is 1.67 bits per heavy atom. The molecule has 0 atom stereocenters. The zero-order valence-corrected chi connectivity index (χ0v) is 22.5. The van der Waals surface area contributed by atoms with Gasteiger partial charge in [-0.25, -0.2) is 0 Å². The molecule has 0 bridgehead atoms. The number of benzene rings is 7. The minimum Gasteiger partial charge on any atom is -0.496 e. The van der Waals surface area contributed by atoms with E-state index in [2.05, 4.69) is 59.6 Å². The minimum atomic E-state index is -4.49. The normalized spacial score (nSPS) is 12.3. The SMILES string of the molecule is COc1ccc2ccc3c(-c4c5ccccc5c(-c5ccc(C(F)(F)F)nc5)c5ccccc45)ccc4ccc1c2c43. The van der Waals surface area contributed by atoms with Gasteiger partial charge in [-0.15, -0.1) is 0 Å².